The predicted octanol–water partition coefficient (Wildman–Crippen LogP) is 3.12. The lowest BCUT2D eigenvalue weighted by atomic mass is 9.94. The molecule has 0 amide bonds. The van der Waals surface area contributed by atoms with Crippen molar-refractivity contribution in [2.45, 2.75) is 45.6 Å². The van der Waals surface area contributed by atoms with E-state index in [1.165, 1.54) is 11.1 Å². The first-order valence-corrected chi connectivity index (χ1v) is 5.40. The Morgan fingerprint density at radius 2 is 2.00 bits per heavy atom. The van der Waals surface area contributed by atoms with Gasteiger partial charge in [-0.2, -0.15) is 0 Å². The second-order valence-electron chi connectivity index (χ2n) is 4.08. The van der Waals surface area contributed by atoms with E-state index >= 15 is 0 Å². The summed E-state index contributed by atoms with van der Waals surface area (Å²) >= 11 is 0. The van der Waals surface area contributed by atoms with Gasteiger partial charge in [0.2, 0.25) is 0 Å². The van der Waals surface area contributed by atoms with Crippen molar-refractivity contribution < 1.29 is 5.11 Å². The zero-order valence-electron chi connectivity index (χ0n) is 9.33. The normalized spacial score (nSPS) is 15.1. The van der Waals surface area contributed by atoms with Crippen LogP contribution in [0.15, 0.2) is 24.3 Å². The molecule has 14 heavy (non-hydrogen) atoms. The molecule has 2 unspecified atom stereocenters. The summed E-state index contributed by atoms with van der Waals surface area (Å²) in [7, 11) is 0. The Labute approximate surface area is 86.8 Å². The van der Waals surface area contributed by atoms with Gasteiger partial charge in [0.25, 0.3) is 0 Å². The molecule has 2 atom stereocenters. The molecule has 0 fully saturated rings. The van der Waals surface area contributed by atoms with Crippen molar-refractivity contribution >= 4 is 0 Å². The summed E-state index contributed by atoms with van der Waals surface area (Å²) < 4.78 is 0. The summed E-state index contributed by atoms with van der Waals surface area (Å²) in [4.78, 5) is 0. The average Bonchev–Trinajstić information content (AvgIpc) is 2.17. The fourth-order valence-corrected chi connectivity index (χ4v) is 1.77. The highest BCUT2D eigenvalue weighted by Gasteiger charge is 2.08. The third-order valence-electron chi connectivity index (χ3n) is 2.62. The van der Waals surface area contributed by atoms with Gasteiger partial charge in [-0.3, -0.25) is 0 Å². The maximum atomic E-state index is 9.31. The van der Waals surface area contributed by atoms with Crippen LogP contribution in [0.3, 0.4) is 0 Å². The first-order valence-electron chi connectivity index (χ1n) is 5.40. The van der Waals surface area contributed by atoms with Crippen molar-refractivity contribution in [1.82, 2.24) is 0 Å². The third-order valence-corrected chi connectivity index (χ3v) is 2.62. The molecule has 0 aliphatic rings. The lowest BCUT2D eigenvalue weighted by Gasteiger charge is -2.14. The summed E-state index contributed by atoms with van der Waals surface area (Å²) in [6.07, 6.45) is 1.71. The smallest absolute Gasteiger partial charge is 0.0517 e. The van der Waals surface area contributed by atoms with Crippen LogP contribution in [-0.4, -0.2) is 11.2 Å². The van der Waals surface area contributed by atoms with Crippen LogP contribution in [0.4, 0.5) is 0 Å². The molecule has 0 aromatic heterocycles. The molecule has 1 N–H and O–H groups in total. The lowest BCUT2D eigenvalue weighted by molar-refractivity contribution is 0.176. The second kappa shape index (κ2) is 5.16. The molecule has 0 aliphatic carbocycles. The van der Waals surface area contributed by atoms with E-state index in [0.717, 1.165) is 12.8 Å². The molecule has 0 saturated carbocycles. The van der Waals surface area contributed by atoms with Crippen LogP contribution in [0.2, 0.25) is 0 Å². The predicted molar refractivity (Wildman–Crippen MR) is 60.5 cm³/mol. The van der Waals surface area contributed by atoms with Gasteiger partial charge < -0.3 is 5.11 Å². The molecule has 1 rings (SSSR count). The highest BCUT2D eigenvalue weighted by Crippen LogP contribution is 2.21. The molecule has 0 bridgehead atoms. The zero-order valence-corrected chi connectivity index (χ0v) is 9.33. The van der Waals surface area contributed by atoms with Crippen LogP contribution in [0.25, 0.3) is 0 Å². The summed E-state index contributed by atoms with van der Waals surface area (Å²) in [6, 6.07) is 8.64. The molecule has 0 spiro atoms. The Morgan fingerprint density at radius 3 is 2.57 bits per heavy atom. The maximum Gasteiger partial charge on any atom is 0.0517 e. The van der Waals surface area contributed by atoms with E-state index in [2.05, 4.69) is 38.1 Å². The molecule has 1 aromatic carbocycles. The van der Waals surface area contributed by atoms with Crippen LogP contribution in [0.5, 0.6) is 0 Å². The van der Waals surface area contributed by atoms with E-state index in [-0.39, 0.29) is 6.10 Å². The highest BCUT2D eigenvalue weighted by atomic mass is 16.3. The number of rotatable bonds is 4. The first kappa shape index (κ1) is 11.3. The van der Waals surface area contributed by atoms with Crippen molar-refractivity contribution in [3.63, 3.8) is 0 Å². The molecule has 0 heterocycles. The number of benzene rings is 1. The minimum Gasteiger partial charge on any atom is -0.393 e. The molecule has 0 saturated heterocycles. The number of aliphatic hydroxyl groups is 1. The SMILES string of the molecule is CCc1cccc(C(C)CC(C)O)c1. The van der Waals surface area contributed by atoms with Crippen molar-refractivity contribution in [2.24, 2.45) is 0 Å². The van der Waals surface area contributed by atoms with Gasteiger partial charge in [-0.25, -0.2) is 0 Å². The fourth-order valence-electron chi connectivity index (χ4n) is 1.77. The average molecular weight is 192 g/mol. The van der Waals surface area contributed by atoms with Gasteiger partial charge in [0.15, 0.2) is 0 Å². The number of hydrogen-bond acceptors (Lipinski definition) is 1. The lowest BCUT2D eigenvalue weighted by Crippen LogP contribution is -2.06. The van der Waals surface area contributed by atoms with Crippen molar-refractivity contribution in [1.29, 1.82) is 0 Å². The van der Waals surface area contributed by atoms with E-state index < -0.39 is 0 Å². The first-order chi connectivity index (χ1) is 6.63. The van der Waals surface area contributed by atoms with E-state index in [1.54, 1.807) is 0 Å². The van der Waals surface area contributed by atoms with Gasteiger partial charge in [-0.15, -0.1) is 0 Å². The largest absolute Gasteiger partial charge is 0.393 e. The second-order valence-corrected chi connectivity index (χ2v) is 4.08. The molecule has 78 valence electrons. The molecule has 1 nitrogen and oxygen atoms in total. The maximum absolute atomic E-state index is 9.31. The van der Waals surface area contributed by atoms with Gasteiger partial charge in [0.05, 0.1) is 6.10 Å². The van der Waals surface area contributed by atoms with Gasteiger partial charge in [-0.05, 0) is 36.8 Å². The molecular formula is C13H20O. The summed E-state index contributed by atoms with van der Waals surface area (Å²) in [5.41, 5.74) is 2.71. The third kappa shape index (κ3) is 3.15. The zero-order chi connectivity index (χ0) is 10.6. The van der Waals surface area contributed by atoms with E-state index in [0.29, 0.717) is 5.92 Å². The van der Waals surface area contributed by atoms with E-state index in [4.69, 9.17) is 0 Å². The number of aliphatic hydroxyl groups excluding tert-OH is 1. The molecule has 1 heteroatoms. The van der Waals surface area contributed by atoms with E-state index in [9.17, 15) is 5.11 Å². The Morgan fingerprint density at radius 1 is 1.29 bits per heavy atom. The standard InChI is InChI=1S/C13H20O/c1-4-12-6-5-7-13(9-12)10(2)8-11(3)14/h5-7,9-11,14H,4,8H2,1-3H3. The van der Waals surface area contributed by atoms with Crippen LogP contribution in [0.1, 0.15) is 44.2 Å². The van der Waals surface area contributed by atoms with Crippen LogP contribution >= 0.6 is 0 Å². The van der Waals surface area contributed by atoms with Crippen LogP contribution in [-0.2, 0) is 6.42 Å². The van der Waals surface area contributed by atoms with Gasteiger partial charge in [-0.1, -0.05) is 38.1 Å². The van der Waals surface area contributed by atoms with Crippen molar-refractivity contribution in [3.8, 4) is 0 Å². The fraction of sp³-hybridized carbons (Fsp3) is 0.538. The minimum absolute atomic E-state index is 0.213. The molecular weight excluding hydrogens is 172 g/mol. The van der Waals surface area contributed by atoms with Crippen LogP contribution < -0.4 is 0 Å². The Bertz CT molecular complexity index is 278. The van der Waals surface area contributed by atoms with Gasteiger partial charge in [0.1, 0.15) is 0 Å². The summed E-state index contributed by atoms with van der Waals surface area (Å²) in [6.45, 7) is 6.18. The summed E-state index contributed by atoms with van der Waals surface area (Å²) in [5, 5.41) is 9.31. The monoisotopic (exact) mass is 192 g/mol. The van der Waals surface area contributed by atoms with Crippen molar-refractivity contribution in [2.75, 3.05) is 0 Å². The van der Waals surface area contributed by atoms with Crippen LogP contribution in [0, 0.1) is 0 Å². The number of hydrogen-bond donors (Lipinski definition) is 1. The molecule has 0 aliphatic heterocycles. The van der Waals surface area contributed by atoms with E-state index in [1.807, 2.05) is 6.92 Å². The Balaban J connectivity index is 2.73. The highest BCUT2D eigenvalue weighted by molar-refractivity contribution is 5.26. The topological polar surface area (TPSA) is 20.2 Å². The Hall–Kier alpha value is -0.820. The van der Waals surface area contributed by atoms with Crippen molar-refractivity contribution in [3.05, 3.63) is 35.4 Å². The van der Waals surface area contributed by atoms with Gasteiger partial charge >= 0.3 is 0 Å². The minimum atomic E-state index is -0.213. The molecule has 0 radical (unpaired) electrons. The number of aryl methyl sites for hydroxylation is 1. The quantitative estimate of drug-likeness (QED) is 0.777. The van der Waals surface area contributed by atoms with Gasteiger partial charge in [0, 0.05) is 0 Å². The Kier molecular flexibility index (Phi) is 4.15. The summed E-state index contributed by atoms with van der Waals surface area (Å²) in [5.74, 6) is 0.446. The molecule has 1 aromatic rings.